The van der Waals surface area contributed by atoms with E-state index < -0.39 is 0 Å². The molecule has 0 aromatic heterocycles. The number of ether oxygens (including phenoxy) is 2. The van der Waals surface area contributed by atoms with Crippen molar-refractivity contribution in [2.24, 2.45) is 11.8 Å². The first kappa shape index (κ1) is 18.7. The molecule has 0 saturated heterocycles. The summed E-state index contributed by atoms with van der Waals surface area (Å²) in [7, 11) is 0. The van der Waals surface area contributed by atoms with Crippen LogP contribution < -0.4 is 0 Å². The zero-order chi connectivity index (χ0) is 17.9. The molecule has 2 atom stereocenters. The van der Waals surface area contributed by atoms with Gasteiger partial charge in [0.2, 0.25) is 0 Å². The third-order valence-electron chi connectivity index (χ3n) is 3.88. The van der Waals surface area contributed by atoms with E-state index in [0.717, 1.165) is 6.61 Å². The molecule has 24 heavy (non-hydrogen) atoms. The monoisotopic (exact) mass is 334 g/mol. The maximum absolute atomic E-state index is 12.4. The molecule has 0 spiro atoms. The zero-order valence-electron chi connectivity index (χ0n) is 15.5. The van der Waals surface area contributed by atoms with E-state index in [0.29, 0.717) is 36.4 Å². The van der Waals surface area contributed by atoms with E-state index in [2.05, 4.69) is 34.3 Å². The van der Waals surface area contributed by atoms with Gasteiger partial charge in [0.1, 0.15) is 11.9 Å². The summed E-state index contributed by atoms with van der Waals surface area (Å²) >= 11 is 0. The molecule has 0 aromatic carbocycles. The number of rotatable bonds is 7. The Balaban J connectivity index is 2.00. The fourth-order valence-corrected chi connectivity index (χ4v) is 2.74. The fraction of sp³-hybridized carbons (Fsp3) is 0.632. The lowest BCUT2D eigenvalue weighted by molar-refractivity contribution is -0.129. The number of hydrogen-bond donors (Lipinski definition) is 0. The number of carbonyl (C=O) groups excluding carboxylic acids is 1. The highest BCUT2D eigenvalue weighted by molar-refractivity contribution is 5.94. The van der Waals surface area contributed by atoms with Crippen LogP contribution in [0.5, 0.6) is 0 Å². The van der Waals surface area contributed by atoms with Crippen LogP contribution in [0.3, 0.4) is 0 Å². The highest BCUT2D eigenvalue weighted by Crippen LogP contribution is 2.27. The van der Waals surface area contributed by atoms with Gasteiger partial charge in [0.15, 0.2) is 6.23 Å². The third-order valence-corrected chi connectivity index (χ3v) is 3.88. The number of nitrogens with zero attached hydrogens (tertiary/aromatic N) is 2. The average molecular weight is 334 g/mol. The molecule has 134 valence electrons. The van der Waals surface area contributed by atoms with Crippen molar-refractivity contribution >= 4 is 5.91 Å². The fourth-order valence-electron chi connectivity index (χ4n) is 2.74. The van der Waals surface area contributed by atoms with Crippen molar-refractivity contribution in [1.82, 2.24) is 9.80 Å². The predicted octanol–water partition coefficient (Wildman–Crippen LogP) is 3.12. The number of carbonyl (C=O) groups is 1. The maximum atomic E-state index is 12.4. The largest absolute Gasteiger partial charge is 0.378 e. The molecule has 5 nitrogen and oxygen atoms in total. The number of amides is 1. The minimum Gasteiger partial charge on any atom is -0.378 e. The molecule has 1 amide bonds. The summed E-state index contributed by atoms with van der Waals surface area (Å²) in [6, 6.07) is 0. The lowest BCUT2D eigenvalue weighted by Crippen LogP contribution is -2.46. The van der Waals surface area contributed by atoms with Crippen LogP contribution in [0.15, 0.2) is 36.3 Å². The molecular weight excluding hydrogens is 304 g/mol. The second-order valence-electron chi connectivity index (χ2n) is 7.33. The maximum Gasteiger partial charge on any atom is 0.256 e. The van der Waals surface area contributed by atoms with Crippen molar-refractivity contribution < 1.29 is 14.3 Å². The van der Waals surface area contributed by atoms with E-state index in [4.69, 9.17) is 9.47 Å². The smallest absolute Gasteiger partial charge is 0.256 e. The summed E-state index contributed by atoms with van der Waals surface area (Å²) < 4.78 is 11.7. The van der Waals surface area contributed by atoms with Crippen molar-refractivity contribution in [2.45, 2.75) is 47.0 Å². The van der Waals surface area contributed by atoms with Crippen LogP contribution in [0.4, 0.5) is 0 Å². The molecule has 0 unspecified atom stereocenters. The molecule has 2 heterocycles. The standard InChI is InChI=1S/C19H30N2O3/c1-13(2)9-21-16(6)20(10-15(5)19(21)22)18-8-7-17(24-18)12-23-11-14(3)4/h7-8,10,13-14,17-18H,6,9,11-12H2,1-5H3/t17-,18+/m0/s1. The summed E-state index contributed by atoms with van der Waals surface area (Å²) in [5.74, 6) is 1.56. The van der Waals surface area contributed by atoms with E-state index in [1.165, 1.54) is 0 Å². The van der Waals surface area contributed by atoms with Crippen molar-refractivity contribution in [3.05, 3.63) is 36.3 Å². The second kappa shape index (κ2) is 7.99. The first-order chi connectivity index (χ1) is 11.3. The van der Waals surface area contributed by atoms with Crippen LogP contribution >= 0.6 is 0 Å². The minimum atomic E-state index is -0.247. The van der Waals surface area contributed by atoms with E-state index in [9.17, 15) is 4.79 Å². The van der Waals surface area contributed by atoms with Gasteiger partial charge < -0.3 is 14.4 Å². The molecule has 2 aliphatic rings. The predicted molar refractivity (Wildman–Crippen MR) is 94.7 cm³/mol. The molecule has 0 N–H and O–H groups in total. The van der Waals surface area contributed by atoms with Crippen molar-refractivity contribution in [3.8, 4) is 0 Å². The molecule has 2 rings (SSSR count). The SMILES string of the molecule is C=C1N(CC(C)C)C(=O)C(C)=CN1[C@H]1C=C[C@@H](COCC(C)C)O1. The van der Waals surface area contributed by atoms with Gasteiger partial charge in [0.25, 0.3) is 5.91 Å². The van der Waals surface area contributed by atoms with Gasteiger partial charge in [-0.1, -0.05) is 40.3 Å². The Labute approximate surface area is 145 Å². The summed E-state index contributed by atoms with van der Waals surface area (Å²) in [6.07, 6.45) is 5.54. The Morgan fingerprint density at radius 2 is 1.96 bits per heavy atom. The zero-order valence-corrected chi connectivity index (χ0v) is 15.5. The first-order valence-corrected chi connectivity index (χ1v) is 8.68. The van der Waals surface area contributed by atoms with Crippen molar-refractivity contribution in [1.29, 1.82) is 0 Å². The lowest BCUT2D eigenvalue weighted by atomic mass is 10.1. The topological polar surface area (TPSA) is 42.0 Å². The van der Waals surface area contributed by atoms with Gasteiger partial charge in [-0.2, -0.15) is 0 Å². The lowest BCUT2D eigenvalue weighted by Gasteiger charge is -2.39. The van der Waals surface area contributed by atoms with Crippen LogP contribution in [0, 0.1) is 11.8 Å². The molecule has 0 bridgehead atoms. The Morgan fingerprint density at radius 1 is 1.25 bits per heavy atom. The quantitative estimate of drug-likeness (QED) is 0.671. The Bertz CT molecular complexity index is 537. The van der Waals surface area contributed by atoms with Crippen molar-refractivity contribution in [2.75, 3.05) is 19.8 Å². The molecule has 5 heteroatoms. The molecular formula is C19H30N2O3. The highest BCUT2D eigenvalue weighted by atomic mass is 16.5. The van der Waals surface area contributed by atoms with E-state index in [-0.39, 0.29) is 18.2 Å². The van der Waals surface area contributed by atoms with E-state index >= 15 is 0 Å². The summed E-state index contributed by atoms with van der Waals surface area (Å²) in [4.78, 5) is 16.1. The van der Waals surface area contributed by atoms with Crippen LogP contribution in [0.1, 0.15) is 34.6 Å². The molecule has 0 fully saturated rings. The molecule has 2 aliphatic heterocycles. The summed E-state index contributed by atoms with van der Waals surface area (Å²) in [5.41, 5.74) is 0.694. The molecule has 0 aliphatic carbocycles. The van der Waals surface area contributed by atoms with Crippen LogP contribution in [-0.4, -0.2) is 47.8 Å². The summed E-state index contributed by atoms with van der Waals surface area (Å²) in [6.45, 7) is 16.3. The normalized spacial score (nSPS) is 24.5. The van der Waals surface area contributed by atoms with Crippen LogP contribution in [-0.2, 0) is 14.3 Å². The van der Waals surface area contributed by atoms with Crippen LogP contribution in [0.2, 0.25) is 0 Å². The second-order valence-corrected chi connectivity index (χ2v) is 7.33. The third kappa shape index (κ3) is 4.48. The Morgan fingerprint density at radius 3 is 2.58 bits per heavy atom. The molecule has 0 radical (unpaired) electrons. The minimum absolute atomic E-state index is 0.0174. The Kier molecular flexibility index (Phi) is 6.24. The van der Waals surface area contributed by atoms with Gasteiger partial charge in [-0.05, 0) is 24.8 Å². The van der Waals surface area contributed by atoms with Gasteiger partial charge >= 0.3 is 0 Å². The van der Waals surface area contributed by atoms with E-state index in [1.807, 2.05) is 30.2 Å². The average Bonchev–Trinajstić information content (AvgIpc) is 2.95. The summed E-state index contributed by atoms with van der Waals surface area (Å²) in [5, 5.41) is 0. The van der Waals surface area contributed by atoms with Crippen molar-refractivity contribution in [3.63, 3.8) is 0 Å². The van der Waals surface area contributed by atoms with Gasteiger partial charge in [0.05, 0.1) is 6.61 Å². The molecule has 0 saturated carbocycles. The van der Waals surface area contributed by atoms with Gasteiger partial charge in [0, 0.05) is 24.9 Å². The highest BCUT2D eigenvalue weighted by Gasteiger charge is 2.33. The van der Waals surface area contributed by atoms with Gasteiger partial charge in [-0.25, -0.2) is 0 Å². The molecule has 0 aromatic rings. The Hall–Kier alpha value is -1.59. The van der Waals surface area contributed by atoms with Crippen LogP contribution in [0.25, 0.3) is 0 Å². The first-order valence-electron chi connectivity index (χ1n) is 8.68. The van der Waals surface area contributed by atoms with Gasteiger partial charge in [-0.3, -0.25) is 9.69 Å². The van der Waals surface area contributed by atoms with Gasteiger partial charge in [-0.15, -0.1) is 0 Å². The number of hydrogen-bond acceptors (Lipinski definition) is 4. The van der Waals surface area contributed by atoms with E-state index in [1.54, 1.807) is 4.90 Å².